The molecular formula is C10H12BrN3O2. The lowest BCUT2D eigenvalue weighted by molar-refractivity contribution is -0.120. The van der Waals surface area contributed by atoms with E-state index >= 15 is 0 Å². The average molecular weight is 286 g/mol. The largest absolute Gasteiger partial charge is 0.359 e. The molecule has 0 radical (unpaired) electrons. The van der Waals surface area contributed by atoms with E-state index in [1.54, 1.807) is 19.3 Å². The summed E-state index contributed by atoms with van der Waals surface area (Å²) in [6.07, 6.45) is 3.34. The Kier molecular flexibility index (Phi) is 4.91. The molecule has 0 unspecified atom stereocenters. The van der Waals surface area contributed by atoms with E-state index < -0.39 is 0 Å². The molecule has 0 saturated carbocycles. The van der Waals surface area contributed by atoms with Crippen LogP contribution in [0.1, 0.15) is 16.8 Å². The summed E-state index contributed by atoms with van der Waals surface area (Å²) >= 11 is 3.23. The minimum Gasteiger partial charge on any atom is -0.359 e. The first-order valence-electron chi connectivity index (χ1n) is 4.73. The van der Waals surface area contributed by atoms with Gasteiger partial charge in [0.25, 0.3) is 5.91 Å². The Bertz CT molecular complexity index is 395. The molecule has 2 amide bonds. The number of aromatic nitrogens is 1. The van der Waals surface area contributed by atoms with Gasteiger partial charge in [0, 0.05) is 36.9 Å². The number of hydrogen-bond donors (Lipinski definition) is 2. The van der Waals surface area contributed by atoms with E-state index in [4.69, 9.17) is 0 Å². The van der Waals surface area contributed by atoms with Crippen molar-refractivity contribution in [3.8, 4) is 0 Å². The Morgan fingerprint density at radius 2 is 2.19 bits per heavy atom. The SMILES string of the molecule is CNC(=O)CCNC(=O)c1cncc(Br)c1. The van der Waals surface area contributed by atoms with Crippen LogP contribution in [0.3, 0.4) is 0 Å². The van der Waals surface area contributed by atoms with E-state index in [9.17, 15) is 9.59 Å². The van der Waals surface area contributed by atoms with Crippen LogP contribution in [-0.2, 0) is 4.79 Å². The van der Waals surface area contributed by atoms with Crippen LogP contribution in [0.25, 0.3) is 0 Å². The summed E-state index contributed by atoms with van der Waals surface area (Å²) in [5, 5.41) is 5.11. The van der Waals surface area contributed by atoms with E-state index in [0.717, 1.165) is 4.47 Å². The summed E-state index contributed by atoms with van der Waals surface area (Å²) in [6, 6.07) is 1.67. The minimum absolute atomic E-state index is 0.104. The Morgan fingerprint density at radius 3 is 2.81 bits per heavy atom. The van der Waals surface area contributed by atoms with Crippen LogP contribution in [0, 0.1) is 0 Å². The molecule has 0 spiro atoms. The number of carbonyl (C=O) groups excluding carboxylic acids is 2. The molecule has 6 heteroatoms. The van der Waals surface area contributed by atoms with Crippen molar-refractivity contribution in [2.24, 2.45) is 0 Å². The van der Waals surface area contributed by atoms with Crippen LogP contribution < -0.4 is 10.6 Å². The van der Waals surface area contributed by atoms with E-state index in [2.05, 4.69) is 31.5 Å². The lowest BCUT2D eigenvalue weighted by Crippen LogP contribution is -2.29. The molecule has 0 atom stereocenters. The highest BCUT2D eigenvalue weighted by atomic mass is 79.9. The van der Waals surface area contributed by atoms with Gasteiger partial charge >= 0.3 is 0 Å². The Labute approximate surface area is 102 Å². The maximum atomic E-state index is 11.6. The molecular weight excluding hydrogens is 274 g/mol. The maximum Gasteiger partial charge on any atom is 0.252 e. The zero-order chi connectivity index (χ0) is 12.0. The first kappa shape index (κ1) is 12.6. The van der Waals surface area contributed by atoms with Crippen LogP contribution in [0.2, 0.25) is 0 Å². The van der Waals surface area contributed by atoms with Gasteiger partial charge in [-0.15, -0.1) is 0 Å². The average Bonchev–Trinajstić information content (AvgIpc) is 2.28. The van der Waals surface area contributed by atoms with Crippen LogP contribution >= 0.6 is 15.9 Å². The quantitative estimate of drug-likeness (QED) is 0.856. The van der Waals surface area contributed by atoms with Crippen molar-refractivity contribution in [3.63, 3.8) is 0 Å². The van der Waals surface area contributed by atoms with E-state index in [-0.39, 0.29) is 18.2 Å². The minimum atomic E-state index is -0.238. The number of nitrogens with zero attached hydrogens (tertiary/aromatic N) is 1. The molecule has 2 N–H and O–H groups in total. The van der Waals surface area contributed by atoms with Gasteiger partial charge in [-0.1, -0.05) is 0 Å². The fraction of sp³-hybridized carbons (Fsp3) is 0.300. The molecule has 0 bridgehead atoms. The molecule has 1 aromatic heterocycles. The van der Waals surface area contributed by atoms with Crippen molar-refractivity contribution < 1.29 is 9.59 Å². The number of pyridine rings is 1. The lowest BCUT2D eigenvalue weighted by atomic mass is 10.2. The van der Waals surface area contributed by atoms with E-state index in [0.29, 0.717) is 12.1 Å². The van der Waals surface area contributed by atoms with Crippen molar-refractivity contribution in [3.05, 3.63) is 28.5 Å². The third-order valence-electron chi connectivity index (χ3n) is 1.88. The van der Waals surface area contributed by atoms with Gasteiger partial charge in [-0.05, 0) is 22.0 Å². The molecule has 0 aliphatic rings. The summed E-state index contributed by atoms with van der Waals surface area (Å²) in [4.78, 5) is 26.3. The first-order chi connectivity index (χ1) is 7.63. The second-order valence-electron chi connectivity index (χ2n) is 3.07. The summed E-state index contributed by atoms with van der Waals surface area (Å²) < 4.78 is 0.742. The molecule has 1 aromatic rings. The van der Waals surface area contributed by atoms with Gasteiger partial charge in [0.2, 0.25) is 5.91 Å². The molecule has 86 valence electrons. The first-order valence-corrected chi connectivity index (χ1v) is 5.52. The molecule has 0 fully saturated rings. The standard InChI is InChI=1S/C10H12BrN3O2/c1-12-9(15)2-3-14-10(16)7-4-8(11)6-13-5-7/h4-6H,2-3H2,1H3,(H,12,15)(H,14,16). The second kappa shape index (κ2) is 6.22. The molecule has 0 aromatic carbocycles. The molecule has 16 heavy (non-hydrogen) atoms. The van der Waals surface area contributed by atoms with E-state index in [1.165, 1.54) is 6.20 Å². The van der Waals surface area contributed by atoms with Gasteiger partial charge < -0.3 is 10.6 Å². The zero-order valence-corrected chi connectivity index (χ0v) is 10.4. The van der Waals surface area contributed by atoms with Gasteiger partial charge in [0.15, 0.2) is 0 Å². The fourth-order valence-electron chi connectivity index (χ4n) is 1.05. The zero-order valence-electron chi connectivity index (χ0n) is 8.79. The summed E-state index contributed by atoms with van der Waals surface area (Å²) in [6.45, 7) is 0.311. The highest BCUT2D eigenvalue weighted by Crippen LogP contribution is 2.09. The molecule has 1 rings (SSSR count). The van der Waals surface area contributed by atoms with Gasteiger partial charge in [-0.3, -0.25) is 14.6 Å². The third-order valence-corrected chi connectivity index (χ3v) is 2.32. The van der Waals surface area contributed by atoms with Gasteiger partial charge in [0.1, 0.15) is 0 Å². The number of rotatable bonds is 4. The molecule has 0 saturated heterocycles. The second-order valence-corrected chi connectivity index (χ2v) is 3.99. The fourth-order valence-corrected chi connectivity index (χ4v) is 1.42. The van der Waals surface area contributed by atoms with Crippen LogP contribution in [0.5, 0.6) is 0 Å². The maximum absolute atomic E-state index is 11.6. The molecule has 1 heterocycles. The number of nitrogens with one attached hydrogen (secondary N) is 2. The highest BCUT2D eigenvalue weighted by molar-refractivity contribution is 9.10. The summed E-state index contributed by atoms with van der Waals surface area (Å²) in [5.74, 6) is -0.342. The topological polar surface area (TPSA) is 71.1 Å². The van der Waals surface area contributed by atoms with Crippen LogP contribution in [0.4, 0.5) is 0 Å². The number of halogens is 1. The molecule has 0 aliphatic carbocycles. The van der Waals surface area contributed by atoms with Crippen molar-refractivity contribution in [2.45, 2.75) is 6.42 Å². The Balaban J connectivity index is 2.44. The Hall–Kier alpha value is -1.43. The highest BCUT2D eigenvalue weighted by Gasteiger charge is 2.06. The predicted octanol–water partition coefficient (Wildman–Crippen LogP) is 0.710. The van der Waals surface area contributed by atoms with Crippen LogP contribution in [0.15, 0.2) is 22.9 Å². The van der Waals surface area contributed by atoms with Gasteiger partial charge in [0.05, 0.1) is 5.56 Å². The normalized spacial score (nSPS) is 9.62. The van der Waals surface area contributed by atoms with Crippen molar-refractivity contribution in [2.75, 3.05) is 13.6 Å². The van der Waals surface area contributed by atoms with Gasteiger partial charge in [-0.25, -0.2) is 0 Å². The van der Waals surface area contributed by atoms with Crippen molar-refractivity contribution >= 4 is 27.7 Å². The number of hydrogen-bond acceptors (Lipinski definition) is 3. The third kappa shape index (κ3) is 3.98. The summed E-state index contributed by atoms with van der Waals surface area (Å²) in [7, 11) is 1.56. The molecule has 0 aliphatic heterocycles. The molecule has 5 nitrogen and oxygen atoms in total. The predicted molar refractivity (Wildman–Crippen MR) is 63.0 cm³/mol. The van der Waals surface area contributed by atoms with Crippen molar-refractivity contribution in [1.29, 1.82) is 0 Å². The summed E-state index contributed by atoms with van der Waals surface area (Å²) in [5.41, 5.74) is 0.464. The monoisotopic (exact) mass is 285 g/mol. The number of carbonyl (C=O) groups is 2. The van der Waals surface area contributed by atoms with Crippen LogP contribution in [-0.4, -0.2) is 30.4 Å². The van der Waals surface area contributed by atoms with Crippen molar-refractivity contribution in [1.82, 2.24) is 15.6 Å². The Morgan fingerprint density at radius 1 is 1.44 bits per heavy atom. The van der Waals surface area contributed by atoms with E-state index in [1.807, 2.05) is 0 Å². The smallest absolute Gasteiger partial charge is 0.252 e. The number of amides is 2. The van der Waals surface area contributed by atoms with Gasteiger partial charge in [-0.2, -0.15) is 0 Å². The lowest BCUT2D eigenvalue weighted by Gasteiger charge is -2.04.